The number of amides is 1. The number of hydrogen-bond acceptors (Lipinski definition) is 4. The molecule has 0 unspecified atom stereocenters. The highest BCUT2D eigenvalue weighted by atomic mass is 79.9. The average Bonchev–Trinajstić information content (AvgIpc) is 3.37. The molecule has 1 amide bonds. The fraction of sp³-hybridized carbons (Fsp3) is 0.219. The molecule has 0 saturated carbocycles. The number of anilines is 1. The van der Waals surface area contributed by atoms with Gasteiger partial charge >= 0.3 is 0 Å². The Morgan fingerprint density at radius 3 is 2.50 bits per heavy atom. The highest BCUT2D eigenvalue weighted by molar-refractivity contribution is 9.10. The van der Waals surface area contributed by atoms with Gasteiger partial charge in [-0.1, -0.05) is 78.3 Å². The third-order valence-corrected chi connectivity index (χ3v) is 8.43. The Bertz CT molecular complexity index is 1650. The summed E-state index contributed by atoms with van der Waals surface area (Å²) in [5, 5.41) is 8.77. The van der Waals surface area contributed by atoms with Crippen LogP contribution < -0.4 is 5.32 Å². The summed E-state index contributed by atoms with van der Waals surface area (Å²) in [6.45, 7) is 2.27. The predicted molar refractivity (Wildman–Crippen MR) is 164 cm³/mol. The summed E-state index contributed by atoms with van der Waals surface area (Å²) in [6.07, 6.45) is 4.38. The number of benzene rings is 3. The smallest absolute Gasteiger partial charge is 0.254 e. The minimum atomic E-state index is 0.125. The first kappa shape index (κ1) is 26.5. The molecule has 0 radical (unpaired) electrons. The second-order valence-electron chi connectivity index (χ2n) is 10.2. The number of likely N-dealkylation sites (tertiary alicyclic amines) is 1. The molecule has 40 heavy (non-hydrogen) atoms. The van der Waals surface area contributed by atoms with E-state index in [1.165, 1.54) is 5.56 Å². The van der Waals surface area contributed by atoms with Gasteiger partial charge in [0, 0.05) is 41.9 Å². The van der Waals surface area contributed by atoms with Crippen LogP contribution in [0.5, 0.6) is 0 Å². The van der Waals surface area contributed by atoms with E-state index >= 15 is 0 Å². The SMILES string of the molecule is O=C(c1ccccc1Cc1ccccc1)N1CCC(CNc2cc(-c3ccccc3Cl)nc3c(Br)cnn23)CC1. The Morgan fingerprint density at radius 1 is 0.975 bits per heavy atom. The van der Waals surface area contributed by atoms with Crippen molar-refractivity contribution in [3.63, 3.8) is 0 Å². The Morgan fingerprint density at radius 2 is 1.70 bits per heavy atom. The minimum Gasteiger partial charge on any atom is -0.370 e. The van der Waals surface area contributed by atoms with Crippen molar-refractivity contribution in [3.05, 3.63) is 117 Å². The number of piperidine rings is 1. The molecule has 1 aliphatic heterocycles. The van der Waals surface area contributed by atoms with Crippen LogP contribution in [0.15, 0.2) is 95.6 Å². The summed E-state index contributed by atoms with van der Waals surface area (Å²) in [4.78, 5) is 20.3. The largest absolute Gasteiger partial charge is 0.370 e. The maximum Gasteiger partial charge on any atom is 0.254 e. The van der Waals surface area contributed by atoms with Gasteiger partial charge in [0.05, 0.1) is 16.4 Å². The van der Waals surface area contributed by atoms with E-state index in [-0.39, 0.29) is 5.91 Å². The van der Waals surface area contributed by atoms with Crippen LogP contribution in [0.3, 0.4) is 0 Å². The van der Waals surface area contributed by atoms with Crippen molar-refractivity contribution in [2.24, 2.45) is 5.92 Å². The molecule has 8 heteroatoms. The first-order chi connectivity index (χ1) is 19.6. The summed E-state index contributed by atoms with van der Waals surface area (Å²) >= 11 is 10.1. The molecule has 0 bridgehead atoms. The van der Waals surface area contributed by atoms with E-state index < -0.39 is 0 Å². The summed E-state index contributed by atoms with van der Waals surface area (Å²) in [5.41, 5.74) is 5.48. The lowest BCUT2D eigenvalue weighted by Gasteiger charge is -2.32. The molecule has 1 saturated heterocycles. The number of carbonyl (C=O) groups is 1. The fourth-order valence-corrected chi connectivity index (χ4v) is 5.91. The van der Waals surface area contributed by atoms with Gasteiger partial charge in [0.15, 0.2) is 5.65 Å². The van der Waals surface area contributed by atoms with Gasteiger partial charge in [-0.25, -0.2) is 4.98 Å². The van der Waals surface area contributed by atoms with E-state index in [9.17, 15) is 4.79 Å². The van der Waals surface area contributed by atoms with E-state index in [1.807, 2.05) is 76.1 Å². The van der Waals surface area contributed by atoms with E-state index in [0.29, 0.717) is 10.9 Å². The van der Waals surface area contributed by atoms with Crippen LogP contribution in [-0.4, -0.2) is 45.0 Å². The van der Waals surface area contributed by atoms with Gasteiger partial charge in [-0.15, -0.1) is 0 Å². The van der Waals surface area contributed by atoms with E-state index in [2.05, 4.69) is 44.5 Å². The average molecular weight is 615 g/mol. The molecular weight excluding hydrogens is 586 g/mol. The normalized spacial score (nSPS) is 14.0. The molecule has 6 rings (SSSR count). The minimum absolute atomic E-state index is 0.125. The summed E-state index contributed by atoms with van der Waals surface area (Å²) < 4.78 is 2.64. The Hall–Kier alpha value is -3.68. The maximum absolute atomic E-state index is 13.5. The number of aromatic nitrogens is 3. The third-order valence-electron chi connectivity index (χ3n) is 7.54. The number of carbonyl (C=O) groups excluding carboxylic acids is 1. The molecule has 5 aromatic rings. The number of nitrogens with zero attached hydrogens (tertiary/aromatic N) is 4. The van der Waals surface area contributed by atoms with Gasteiger partial charge < -0.3 is 10.2 Å². The maximum atomic E-state index is 13.5. The van der Waals surface area contributed by atoms with Crippen molar-refractivity contribution in [3.8, 4) is 11.3 Å². The second-order valence-corrected chi connectivity index (χ2v) is 11.4. The molecular formula is C32H29BrClN5O. The van der Waals surface area contributed by atoms with Crippen LogP contribution >= 0.6 is 27.5 Å². The van der Waals surface area contributed by atoms with Crippen molar-refractivity contribution in [2.45, 2.75) is 19.3 Å². The number of halogens is 2. The zero-order valence-corrected chi connectivity index (χ0v) is 24.3. The summed E-state index contributed by atoms with van der Waals surface area (Å²) in [5.74, 6) is 1.42. The molecule has 2 aromatic heterocycles. The monoisotopic (exact) mass is 613 g/mol. The zero-order valence-electron chi connectivity index (χ0n) is 21.9. The number of fused-ring (bicyclic) bond motifs is 1. The summed E-state index contributed by atoms with van der Waals surface area (Å²) in [6, 6.07) is 28.0. The quantitative estimate of drug-likeness (QED) is 0.208. The van der Waals surface area contributed by atoms with Gasteiger partial charge in [-0.05, 0) is 64.4 Å². The molecule has 202 valence electrons. The zero-order chi connectivity index (χ0) is 27.5. The first-order valence-electron chi connectivity index (χ1n) is 13.5. The van der Waals surface area contributed by atoms with E-state index in [4.69, 9.17) is 16.6 Å². The van der Waals surface area contributed by atoms with Crippen LogP contribution in [-0.2, 0) is 6.42 Å². The van der Waals surface area contributed by atoms with Crippen LogP contribution in [0, 0.1) is 5.92 Å². The van der Waals surface area contributed by atoms with Crippen LogP contribution in [0.2, 0.25) is 5.02 Å². The van der Waals surface area contributed by atoms with Crippen LogP contribution in [0.4, 0.5) is 5.82 Å². The lowest BCUT2D eigenvalue weighted by Crippen LogP contribution is -2.40. The highest BCUT2D eigenvalue weighted by Gasteiger charge is 2.25. The fourth-order valence-electron chi connectivity index (χ4n) is 5.33. The molecule has 3 heterocycles. The van der Waals surface area contributed by atoms with Gasteiger partial charge in [-0.2, -0.15) is 9.61 Å². The third kappa shape index (κ3) is 5.62. The van der Waals surface area contributed by atoms with Gasteiger partial charge in [0.2, 0.25) is 0 Å². The standard InChI is InChI=1S/C32H29BrClN5O/c33-27-21-36-39-30(19-29(37-31(27)39)26-12-6-7-13-28(26)34)35-20-23-14-16-38(17-15-23)32(40)25-11-5-4-10-24(25)18-22-8-2-1-3-9-22/h1-13,19,21,23,35H,14-18,20H2. The topological polar surface area (TPSA) is 62.5 Å². The molecule has 0 atom stereocenters. The van der Waals surface area contributed by atoms with E-state index in [1.54, 1.807) is 6.20 Å². The van der Waals surface area contributed by atoms with Crippen molar-refractivity contribution < 1.29 is 4.79 Å². The molecule has 1 fully saturated rings. The molecule has 0 spiro atoms. The van der Waals surface area contributed by atoms with Crippen molar-refractivity contribution in [1.29, 1.82) is 0 Å². The number of nitrogens with one attached hydrogen (secondary N) is 1. The number of hydrogen-bond donors (Lipinski definition) is 1. The highest BCUT2D eigenvalue weighted by Crippen LogP contribution is 2.31. The molecule has 1 N–H and O–H groups in total. The molecule has 6 nitrogen and oxygen atoms in total. The van der Waals surface area contributed by atoms with Gasteiger partial charge in [0.25, 0.3) is 5.91 Å². The second kappa shape index (κ2) is 11.8. The van der Waals surface area contributed by atoms with Gasteiger partial charge in [0.1, 0.15) is 5.82 Å². The first-order valence-corrected chi connectivity index (χ1v) is 14.7. The van der Waals surface area contributed by atoms with Crippen molar-refractivity contribution in [2.75, 3.05) is 25.0 Å². The lowest BCUT2D eigenvalue weighted by atomic mass is 9.94. The predicted octanol–water partition coefficient (Wildman–Crippen LogP) is 7.37. The Labute approximate surface area is 247 Å². The molecule has 1 aliphatic rings. The van der Waals surface area contributed by atoms with E-state index in [0.717, 1.165) is 77.2 Å². The molecule has 3 aromatic carbocycles. The lowest BCUT2D eigenvalue weighted by molar-refractivity contribution is 0.0694. The number of rotatable bonds is 7. The molecule has 0 aliphatic carbocycles. The Balaban J connectivity index is 1.12. The van der Waals surface area contributed by atoms with Crippen LogP contribution in [0.1, 0.15) is 34.3 Å². The van der Waals surface area contributed by atoms with Crippen LogP contribution in [0.25, 0.3) is 16.9 Å². The van der Waals surface area contributed by atoms with Crippen molar-refractivity contribution >= 4 is 44.9 Å². The van der Waals surface area contributed by atoms with Gasteiger partial charge in [-0.3, -0.25) is 4.79 Å². The van der Waals surface area contributed by atoms with Crippen molar-refractivity contribution in [1.82, 2.24) is 19.5 Å². The Kier molecular flexibility index (Phi) is 7.84. The summed E-state index contributed by atoms with van der Waals surface area (Å²) in [7, 11) is 0.